The highest BCUT2D eigenvalue weighted by molar-refractivity contribution is 5.66. The first-order valence-electron chi connectivity index (χ1n) is 10.4. The van der Waals surface area contributed by atoms with Crippen LogP contribution in [-0.4, -0.2) is 52.1 Å². The van der Waals surface area contributed by atoms with Crippen molar-refractivity contribution in [2.24, 2.45) is 5.92 Å². The Hall–Kier alpha value is -0.650. The molecule has 0 saturated carbocycles. The fraction of sp³-hybridized carbons (Fsp3) is 0.952. The van der Waals surface area contributed by atoms with E-state index in [9.17, 15) is 15.0 Å². The first-order valence-corrected chi connectivity index (χ1v) is 10.4. The van der Waals surface area contributed by atoms with Crippen LogP contribution in [0, 0.1) is 5.92 Å². The average Bonchev–Trinajstić information content (AvgIpc) is 2.55. The van der Waals surface area contributed by atoms with Gasteiger partial charge >= 0.3 is 5.97 Å². The number of hydrogen-bond acceptors (Lipinski definition) is 4. The predicted molar refractivity (Wildman–Crippen MR) is 109 cm³/mol. The number of rotatable bonds is 14. The van der Waals surface area contributed by atoms with Crippen LogP contribution < -0.4 is 0 Å². The molecule has 0 aromatic rings. The van der Waals surface area contributed by atoms with Gasteiger partial charge in [0.05, 0.1) is 6.10 Å². The van der Waals surface area contributed by atoms with Gasteiger partial charge in [0.1, 0.15) is 5.72 Å². The topological polar surface area (TPSA) is 81.0 Å². The summed E-state index contributed by atoms with van der Waals surface area (Å²) in [6, 6.07) is 0. The van der Waals surface area contributed by atoms with E-state index >= 15 is 0 Å². The molecule has 0 aliphatic rings. The Morgan fingerprint density at radius 1 is 0.885 bits per heavy atom. The number of aliphatic hydroxyl groups is 2. The van der Waals surface area contributed by atoms with Crippen LogP contribution in [0.5, 0.6) is 0 Å². The number of aliphatic hydroxyl groups excluding tert-OH is 1. The maximum absolute atomic E-state index is 10.2. The highest BCUT2D eigenvalue weighted by Gasteiger charge is 2.38. The zero-order valence-corrected chi connectivity index (χ0v) is 18.1. The Bertz CT molecular complexity index is 308. The van der Waals surface area contributed by atoms with Crippen LogP contribution in [0.25, 0.3) is 0 Å². The summed E-state index contributed by atoms with van der Waals surface area (Å²) in [6.45, 7) is 7.60. The van der Waals surface area contributed by atoms with E-state index in [2.05, 4.69) is 6.92 Å². The van der Waals surface area contributed by atoms with Crippen molar-refractivity contribution in [1.82, 2.24) is 4.90 Å². The minimum atomic E-state index is -1.11. The van der Waals surface area contributed by atoms with Gasteiger partial charge in [-0.25, -0.2) is 0 Å². The summed E-state index contributed by atoms with van der Waals surface area (Å²) in [4.78, 5) is 11.9. The Balaban J connectivity index is 0. The van der Waals surface area contributed by atoms with Crippen LogP contribution in [0.15, 0.2) is 0 Å². The zero-order valence-electron chi connectivity index (χ0n) is 18.1. The van der Waals surface area contributed by atoms with Crippen LogP contribution in [-0.2, 0) is 4.79 Å². The van der Waals surface area contributed by atoms with Crippen LogP contribution in [0.1, 0.15) is 98.3 Å². The lowest BCUT2D eigenvalue weighted by molar-refractivity contribution is -0.183. The number of carboxylic acid groups (broad SMARTS) is 1. The molecule has 0 heterocycles. The van der Waals surface area contributed by atoms with E-state index in [4.69, 9.17) is 5.11 Å². The highest BCUT2D eigenvalue weighted by atomic mass is 16.4. The van der Waals surface area contributed by atoms with Crippen molar-refractivity contribution in [3.63, 3.8) is 0 Å². The van der Waals surface area contributed by atoms with Gasteiger partial charge in [-0.05, 0) is 33.4 Å². The Morgan fingerprint density at radius 3 is 1.50 bits per heavy atom. The highest BCUT2D eigenvalue weighted by Crippen LogP contribution is 2.23. The van der Waals surface area contributed by atoms with Crippen molar-refractivity contribution in [3.8, 4) is 0 Å². The first-order chi connectivity index (χ1) is 12.1. The second-order valence-electron chi connectivity index (χ2n) is 7.83. The van der Waals surface area contributed by atoms with Gasteiger partial charge < -0.3 is 15.3 Å². The molecule has 158 valence electrons. The number of hydrogen-bond donors (Lipinski definition) is 3. The minimum absolute atomic E-state index is 0.0116. The monoisotopic (exact) mass is 375 g/mol. The lowest BCUT2D eigenvalue weighted by Gasteiger charge is -2.40. The zero-order chi connectivity index (χ0) is 20.6. The average molecular weight is 376 g/mol. The molecule has 0 saturated heterocycles. The second-order valence-corrected chi connectivity index (χ2v) is 7.83. The fourth-order valence-electron chi connectivity index (χ4n) is 3.14. The molecule has 2 unspecified atom stereocenters. The molecule has 0 spiro atoms. The van der Waals surface area contributed by atoms with E-state index in [1.54, 1.807) is 25.9 Å². The van der Waals surface area contributed by atoms with Gasteiger partial charge in [0.25, 0.3) is 0 Å². The van der Waals surface area contributed by atoms with Crippen molar-refractivity contribution in [2.75, 3.05) is 14.1 Å². The maximum Gasteiger partial charge on any atom is 0.303 e. The predicted octanol–water partition coefficient (Wildman–Crippen LogP) is 4.66. The molecule has 0 fully saturated rings. The third kappa shape index (κ3) is 13.5. The third-order valence-electron chi connectivity index (χ3n) is 4.93. The molecule has 0 amide bonds. The molecule has 5 nitrogen and oxygen atoms in total. The van der Waals surface area contributed by atoms with E-state index in [-0.39, 0.29) is 5.92 Å². The maximum atomic E-state index is 10.2. The molecular formula is C21H45NO4. The number of likely N-dealkylation sites (N-methyl/N-ethyl adjacent to an activating group) is 1. The first kappa shape index (κ1) is 27.6. The molecule has 3 N–H and O–H groups in total. The van der Waals surface area contributed by atoms with E-state index in [0.29, 0.717) is 6.42 Å². The van der Waals surface area contributed by atoms with E-state index < -0.39 is 17.8 Å². The lowest BCUT2D eigenvalue weighted by atomic mass is 9.93. The molecule has 0 bridgehead atoms. The molecule has 2 atom stereocenters. The quantitative estimate of drug-likeness (QED) is 0.304. The van der Waals surface area contributed by atoms with E-state index in [0.717, 1.165) is 12.8 Å². The SMILES string of the molecule is CC(C)C(O)(C(C)O)N(C)C.CCCCCCCCCCCCC(=O)O. The van der Waals surface area contributed by atoms with E-state index in [1.807, 2.05) is 13.8 Å². The Morgan fingerprint density at radius 2 is 1.27 bits per heavy atom. The summed E-state index contributed by atoms with van der Waals surface area (Å²) in [5, 5.41) is 27.7. The molecule has 0 aliphatic carbocycles. The normalized spacial score (nSPS) is 14.7. The van der Waals surface area contributed by atoms with Crippen LogP contribution >= 0.6 is 0 Å². The smallest absolute Gasteiger partial charge is 0.303 e. The van der Waals surface area contributed by atoms with Gasteiger partial charge in [-0.3, -0.25) is 9.69 Å². The second kappa shape index (κ2) is 16.5. The van der Waals surface area contributed by atoms with Crippen molar-refractivity contribution in [3.05, 3.63) is 0 Å². The Kier molecular flexibility index (Phi) is 17.5. The van der Waals surface area contributed by atoms with Crippen molar-refractivity contribution in [2.45, 2.75) is 110 Å². The van der Waals surface area contributed by atoms with Crippen molar-refractivity contribution >= 4 is 5.97 Å². The number of carbonyl (C=O) groups is 1. The molecular weight excluding hydrogens is 330 g/mol. The largest absolute Gasteiger partial charge is 0.481 e. The molecule has 0 radical (unpaired) electrons. The number of aliphatic carboxylic acids is 1. The summed E-state index contributed by atoms with van der Waals surface area (Å²) in [5.74, 6) is -0.646. The standard InChI is InChI=1S/C13H26O2.C8H19NO2/c1-2-3-4-5-6-7-8-9-10-11-12-13(14)15;1-6(2)8(11,7(3)10)9(4)5/h2-12H2,1H3,(H,14,15);6-7,10-11H,1-5H3. The van der Waals surface area contributed by atoms with Crippen molar-refractivity contribution < 1.29 is 20.1 Å². The number of nitrogens with zero attached hydrogens (tertiary/aromatic N) is 1. The summed E-state index contributed by atoms with van der Waals surface area (Å²) in [5.41, 5.74) is -1.11. The molecule has 0 aromatic heterocycles. The van der Waals surface area contributed by atoms with Crippen LogP contribution in [0.4, 0.5) is 0 Å². The molecule has 0 rings (SSSR count). The van der Waals surface area contributed by atoms with Gasteiger partial charge in [-0.15, -0.1) is 0 Å². The van der Waals surface area contributed by atoms with Gasteiger partial charge in [-0.2, -0.15) is 0 Å². The fourth-order valence-corrected chi connectivity index (χ4v) is 3.14. The minimum Gasteiger partial charge on any atom is -0.481 e. The molecule has 5 heteroatoms. The number of carboxylic acids is 1. The summed E-state index contributed by atoms with van der Waals surface area (Å²) in [6.07, 6.45) is 12.2. The van der Waals surface area contributed by atoms with Gasteiger partial charge in [0, 0.05) is 6.42 Å². The summed E-state index contributed by atoms with van der Waals surface area (Å²) < 4.78 is 0. The third-order valence-corrected chi connectivity index (χ3v) is 4.93. The van der Waals surface area contributed by atoms with Gasteiger partial charge in [-0.1, -0.05) is 78.6 Å². The Labute approximate surface area is 161 Å². The number of unbranched alkanes of at least 4 members (excludes halogenated alkanes) is 9. The van der Waals surface area contributed by atoms with E-state index in [1.165, 1.54) is 51.4 Å². The van der Waals surface area contributed by atoms with Crippen molar-refractivity contribution in [1.29, 1.82) is 0 Å². The van der Waals surface area contributed by atoms with Crippen LogP contribution in [0.3, 0.4) is 0 Å². The van der Waals surface area contributed by atoms with Crippen LogP contribution in [0.2, 0.25) is 0 Å². The molecule has 0 aliphatic heterocycles. The molecule has 26 heavy (non-hydrogen) atoms. The lowest BCUT2D eigenvalue weighted by Crippen LogP contribution is -2.56. The van der Waals surface area contributed by atoms with Gasteiger partial charge in [0.2, 0.25) is 0 Å². The summed E-state index contributed by atoms with van der Waals surface area (Å²) in [7, 11) is 3.51. The summed E-state index contributed by atoms with van der Waals surface area (Å²) >= 11 is 0. The molecule has 0 aromatic carbocycles. The van der Waals surface area contributed by atoms with Gasteiger partial charge in [0.15, 0.2) is 0 Å².